The summed E-state index contributed by atoms with van der Waals surface area (Å²) in [7, 11) is 0. The molecule has 5 nitrogen and oxygen atoms in total. The molecule has 1 aliphatic rings. The molecule has 0 aromatic rings. The van der Waals surface area contributed by atoms with E-state index in [1.54, 1.807) is 0 Å². The molecule has 2 amide bonds. The summed E-state index contributed by atoms with van der Waals surface area (Å²) in [5, 5.41) is 3.72. The fourth-order valence-corrected chi connectivity index (χ4v) is 0.786. The van der Waals surface area contributed by atoms with E-state index in [0.29, 0.717) is 5.92 Å². The van der Waals surface area contributed by atoms with Crippen molar-refractivity contribution in [2.24, 2.45) is 16.8 Å². The number of hydrogen-bond donors (Lipinski definition) is 2. The topological polar surface area (TPSA) is 84.6 Å². The third-order valence-corrected chi connectivity index (χ3v) is 1.73. The Bertz CT molecular complexity index is 243. The fourth-order valence-electron chi connectivity index (χ4n) is 0.786. The number of amides is 2. The Labute approximate surface area is 70.0 Å². The largest absolute Gasteiger partial charge is 0.361 e. The van der Waals surface area contributed by atoms with E-state index in [2.05, 4.69) is 10.5 Å². The number of carbonyl (C=O) groups is 2. The van der Waals surface area contributed by atoms with Crippen molar-refractivity contribution in [3.63, 3.8) is 0 Å². The highest BCUT2D eigenvalue weighted by molar-refractivity contribution is 6.34. The lowest BCUT2D eigenvalue weighted by Gasteiger charge is -1.96. The number of nitrogens with zero attached hydrogens (tertiary/aromatic N) is 1. The minimum atomic E-state index is -1.01. The van der Waals surface area contributed by atoms with Crippen molar-refractivity contribution in [1.29, 1.82) is 0 Å². The zero-order chi connectivity index (χ0) is 9.14. The highest BCUT2D eigenvalue weighted by Gasteiger charge is 2.24. The number of carbonyl (C=O) groups excluding carboxylic acids is 2. The molecule has 0 bridgehead atoms. The number of nitrogens with two attached hydrogens (primary N) is 1. The van der Waals surface area contributed by atoms with Gasteiger partial charge in [-0.3, -0.25) is 9.59 Å². The summed E-state index contributed by atoms with van der Waals surface area (Å²) in [6, 6.07) is 0. The second kappa shape index (κ2) is 3.34. The van der Waals surface area contributed by atoms with Crippen LogP contribution >= 0.6 is 0 Å². The van der Waals surface area contributed by atoms with Crippen LogP contribution in [0, 0.1) is 5.92 Å². The quantitative estimate of drug-likeness (QED) is 0.328. The fraction of sp³-hybridized carbons (Fsp3) is 0.571. The van der Waals surface area contributed by atoms with Crippen LogP contribution < -0.4 is 11.2 Å². The molecule has 3 N–H and O–H groups in total. The van der Waals surface area contributed by atoms with Crippen molar-refractivity contribution in [1.82, 2.24) is 5.43 Å². The standard InChI is InChI=1S/C7H11N3O2/c1-4(5-2-3-5)9-10-7(12)6(8)11/h5H,2-3H2,1H3,(H2,8,11)(H,10,12). The molecular weight excluding hydrogens is 158 g/mol. The van der Waals surface area contributed by atoms with Gasteiger partial charge in [-0.15, -0.1) is 0 Å². The van der Waals surface area contributed by atoms with Crippen molar-refractivity contribution < 1.29 is 9.59 Å². The number of nitrogens with one attached hydrogen (secondary N) is 1. The lowest BCUT2D eigenvalue weighted by molar-refractivity contribution is -0.137. The SMILES string of the molecule is CC(=NNC(=O)C(N)=O)C1CC1. The summed E-state index contributed by atoms with van der Waals surface area (Å²) < 4.78 is 0. The Balaban J connectivity index is 2.36. The third-order valence-electron chi connectivity index (χ3n) is 1.73. The van der Waals surface area contributed by atoms with Gasteiger partial charge in [0, 0.05) is 5.71 Å². The van der Waals surface area contributed by atoms with Gasteiger partial charge in [-0.25, -0.2) is 5.43 Å². The van der Waals surface area contributed by atoms with Crippen LogP contribution in [0.4, 0.5) is 0 Å². The Morgan fingerprint density at radius 2 is 2.08 bits per heavy atom. The maximum Gasteiger partial charge on any atom is 0.329 e. The van der Waals surface area contributed by atoms with Crippen molar-refractivity contribution in [3.8, 4) is 0 Å². The van der Waals surface area contributed by atoms with E-state index in [1.807, 2.05) is 6.92 Å². The molecule has 0 aromatic carbocycles. The van der Waals surface area contributed by atoms with Crippen LogP contribution in [0.1, 0.15) is 19.8 Å². The van der Waals surface area contributed by atoms with E-state index < -0.39 is 11.8 Å². The molecule has 0 saturated heterocycles. The molecule has 0 spiro atoms. The van der Waals surface area contributed by atoms with E-state index in [9.17, 15) is 9.59 Å². The average Bonchev–Trinajstić information content (AvgIpc) is 2.81. The normalized spacial score (nSPS) is 17.2. The maximum absolute atomic E-state index is 10.6. The molecule has 12 heavy (non-hydrogen) atoms. The molecule has 5 heteroatoms. The first-order valence-electron chi connectivity index (χ1n) is 3.75. The highest BCUT2D eigenvalue weighted by Crippen LogP contribution is 2.29. The van der Waals surface area contributed by atoms with Crippen LogP contribution in [0.15, 0.2) is 5.10 Å². The monoisotopic (exact) mass is 169 g/mol. The van der Waals surface area contributed by atoms with Crippen LogP contribution in [0.2, 0.25) is 0 Å². The Kier molecular flexibility index (Phi) is 2.42. The molecule has 0 unspecified atom stereocenters. The van der Waals surface area contributed by atoms with Gasteiger partial charge in [-0.2, -0.15) is 5.10 Å². The average molecular weight is 169 g/mol. The zero-order valence-corrected chi connectivity index (χ0v) is 6.83. The number of hydrazone groups is 1. The number of hydrogen-bond acceptors (Lipinski definition) is 3. The van der Waals surface area contributed by atoms with Crippen molar-refractivity contribution in [3.05, 3.63) is 0 Å². The molecule has 0 aliphatic heterocycles. The molecule has 1 saturated carbocycles. The van der Waals surface area contributed by atoms with E-state index in [-0.39, 0.29) is 0 Å². The van der Waals surface area contributed by atoms with Gasteiger partial charge < -0.3 is 5.73 Å². The third kappa shape index (κ3) is 2.34. The van der Waals surface area contributed by atoms with Gasteiger partial charge in [0.25, 0.3) is 0 Å². The second-order valence-electron chi connectivity index (χ2n) is 2.83. The number of primary amides is 1. The van der Waals surface area contributed by atoms with Gasteiger partial charge in [0.2, 0.25) is 0 Å². The molecule has 1 rings (SSSR count). The molecule has 1 fully saturated rings. The van der Waals surface area contributed by atoms with E-state index >= 15 is 0 Å². The second-order valence-corrected chi connectivity index (χ2v) is 2.83. The van der Waals surface area contributed by atoms with Crippen molar-refractivity contribution in [2.75, 3.05) is 0 Å². The van der Waals surface area contributed by atoms with Crippen LogP contribution in [0.5, 0.6) is 0 Å². The summed E-state index contributed by atoms with van der Waals surface area (Å²) in [4.78, 5) is 20.8. The predicted molar refractivity (Wildman–Crippen MR) is 43.2 cm³/mol. The van der Waals surface area contributed by atoms with Gasteiger partial charge in [0.1, 0.15) is 0 Å². The van der Waals surface area contributed by atoms with Crippen molar-refractivity contribution in [2.45, 2.75) is 19.8 Å². The van der Waals surface area contributed by atoms with Gasteiger partial charge in [-0.1, -0.05) is 0 Å². The summed E-state index contributed by atoms with van der Waals surface area (Å²) in [6.45, 7) is 1.82. The predicted octanol–water partition coefficient (Wildman–Crippen LogP) is -0.626. The maximum atomic E-state index is 10.6. The highest BCUT2D eigenvalue weighted by atomic mass is 16.2. The lowest BCUT2D eigenvalue weighted by Crippen LogP contribution is -2.33. The van der Waals surface area contributed by atoms with Crippen LogP contribution in [0.25, 0.3) is 0 Å². The number of rotatable bonds is 2. The Morgan fingerprint density at radius 1 is 1.50 bits per heavy atom. The summed E-state index contributed by atoms with van der Waals surface area (Å²) >= 11 is 0. The Morgan fingerprint density at radius 3 is 2.50 bits per heavy atom. The van der Waals surface area contributed by atoms with Gasteiger partial charge >= 0.3 is 11.8 Å². The van der Waals surface area contributed by atoms with Gasteiger partial charge in [-0.05, 0) is 25.7 Å². The summed E-state index contributed by atoms with van der Waals surface area (Å²) in [6.07, 6.45) is 2.23. The molecule has 66 valence electrons. The molecule has 0 atom stereocenters. The summed E-state index contributed by atoms with van der Waals surface area (Å²) in [5.41, 5.74) is 7.62. The molecule has 0 heterocycles. The smallest absolute Gasteiger partial charge is 0.329 e. The first kappa shape index (κ1) is 8.70. The molecule has 0 aromatic heterocycles. The Hall–Kier alpha value is -1.39. The molecule has 1 aliphatic carbocycles. The van der Waals surface area contributed by atoms with E-state index in [1.165, 1.54) is 0 Å². The van der Waals surface area contributed by atoms with Crippen LogP contribution in [-0.4, -0.2) is 17.5 Å². The first-order valence-corrected chi connectivity index (χ1v) is 3.75. The first-order chi connectivity index (χ1) is 5.61. The van der Waals surface area contributed by atoms with Gasteiger partial charge in [0.15, 0.2) is 0 Å². The van der Waals surface area contributed by atoms with Crippen molar-refractivity contribution >= 4 is 17.5 Å². The van der Waals surface area contributed by atoms with Crippen LogP contribution in [0.3, 0.4) is 0 Å². The molecular formula is C7H11N3O2. The minimum Gasteiger partial charge on any atom is -0.361 e. The summed E-state index contributed by atoms with van der Waals surface area (Å²) in [5.74, 6) is -1.39. The zero-order valence-electron chi connectivity index (χ0n) is 6.83. The van der Waals surface area contributed by atoms with Crippen LogP contribution in [-0.2, 0) is 9.59 Å². The van der Waals surface area contributed by atoms with E-state index in [4.69, 9.17) is 5.73 Å². The van der Waals surface area contributed by atoms with Gasteiger partial charge in [0.05, 0.1) is 0 Å². The minimum absolute atomic E-state index is 0.484. The van der Waals surface area contributed by atoms with E-state index in [0.717, 1.165) is 18.6 Å². The molecule has 0 radical (unpaired) electrons. The lowest BCUT2D eigenvalue weighted by atomic mass is 10.3.